The van der Waals surface area contributed by atoms with Crippen LogP contribution in [0, 0.1) is 10.8 Å². The van der Waals surface area contributed by atoms with E-state index in [-0.39, 0.29) is 34.3 Å². The van der Waals surface area contributed by atoms with Crippen LogP contribution in [0.4, 0.5) is 0 Å². The molecule has 0 amide bonds. The van der Waals surface area contributed by atoms with Crippen LogP contribution in [0.2, 0.25) is 0 Å². The Labute approximate surface area is 253 Å². The van der Waals surface area contributed by atoms with Crippen molar-refractivity contribution in [1.82, 2.24) is 10.6 Å². The zero-order chi connectivity index (χ0) is 32.7. The van der Waals surface area contributed by atoms with Crippen molar-refractivity contribution < 1.29 is 19.1 Å². The number of ketones is 2. The van der Waals surface area contributed by atoms with E-state index in [1.54, 1.807) is 7.11 Å². The molecule has 2 unspecified atom stereocenters. The number of hydrogen-bond acceptors (Lipinski definition) is 7. The number of likely N-dealkylation sites (N-methyl/N-ethyl adjacent to an activating group) is 1. The van der Waals surface area contributed by atoms with E-state index in [0.717, 1.165) is 44.1 Å². The molecule has 0 rings (SSSR count). The highest BCUT2D eigenvalue weighted by Crippen LogP contribution is 2.21. The van der Waals surface area contributed by atoms with Gasteiger partial charge in [-0.15, -0.1) is 6.58 Å². The van der Waals surface area contributed by atoms with Gasteiger partial charge < -0.3 is 25.9 Å². The molecule has 0 aromatic heterocycles. The topological polar surface area (TPSA) is 111 Å². The fourth-order valence-electron chi connectivity index (χ4n) is 3.54. The molecule has 0 aromatic carbocycles. The van der Waals surface area contributed by atoms with Gasteiger partial charge in [0.1, 0.15) is 17.9 Å². The van der Waals surface area contributed by atoms with E-state index in [4.69, 9.17) is 10.5 Å². The standard InChI is InChI=1S/C17H32N2O2.C12H23NO.C5H12O/c1-14(8-6-5-7-11-18)19-15(13-20)9-10-16(21)12-17(2,3)4;1-6-10(13-5)7-8-11(14)9-12(2,3)4;1-5(2,3)6-4/h13,15,19H,1,5-12,18H2,2-4H3;6,10,13H,1,7-9H2,2-5H3;1-4H3. The third-order valence-corrected chi connectivity index (χ3v) is 5.93. The fourth-order valence-corrected chi connectivity index (χ4v) is 3.54. The van der Waals surface area contributed by atoms with Gasteiger partial charge in [0, 0.05) is 44.5 Å². The van der Waals surface area contributed by atoms with Gasteiger partial charge in [-0.2, -0.15) is 0 Å². The van der Waals surface area contributed by atoms with E-state index >= 15 is 0 Å². The number of aldehydes is 1. The molecular weight excluding hydrogens is 514 g/mol. The Hall–Kier alpha value is -1.83. The van der Waals surface area contributed by atoms with Crippen LogP contribution in [0.5, 0.6) is 0 Å². The Kier molecular flexibility index (Phi) is 25.2. The lowest BCUT2D eigenvalue weighted by Crippen LogP contribution is -2.30. The fraction of sp³-hybridized carbons (Fsp3) is 0.794. The third kappa shape index (κ3) is 36.1. The molecule has 0 heterocycles. The Balaban J connectivity index is -0.000000617. The number of ether oxygens (including phenoxy) is 1. The number of nitrogens with one attached hydrogen (secondary N) is 2. The minimum atomic E-state index is -0.309. The van der Waals surface area contributed by atoms with Crippen LogP contribution in [-0.4, -0.2) is 56.2 Å². The zero-order valence-electron chi connectivity index (χ0n) is 28.7. The molecule has 7 heteroatoms. The Morgan fingerprint density at radius 1 is 0.829 bits per heavy atom. The molecule has 0 aliphatic carbocycles. The molecule has 0 bridgehead atoms. The summed E-state index contributed by atoms with van der Waals surface area (Å²) in [4.78, 5) is 34.4. The first-order chi connectivity index (χ1) is 18.7. The van der Waals surface area contributed by atoms with Crippen LogP contribution in [0.1, 0.15) is 127 Å². The minimum absolute atomic E-state index is 0.00771. The highest BCUT2D eigenvalue weighted by atomic mass is 16.5. The van der Waals surface area contributed by atoms with Gasteiger partial charge in [0.05, 0.1) is 11.6 Å². The number of carbonyl (C=O) groups excluding carboxylic acids is 3. The molecule has 242 valence electrons. The van der Waals surface area contributed by atoms with E-state index in [0.29, 0.717) is 44.4 Å². The van der Waals surface area contributed by atoms with Crippen LogP contribution >= 0.6 is 0 Å². The van der Waals surface area contributed by atoms with Crippen molar-refractivity contribution in [2.45, 2.75) is 144 Å². The van der Waals surface area contributed by atoms with Crippen molar-refractivity contribution in [3.63, 3.8) is 0 Å². The summed E-state index contributed by atoms with van der Waals surface area (Å²) < 4.78 is 4.94. The summed E-state index contributed by atoms with van der Waals surface area (Å²) in [5.74, 6) is 0.560. The Bertz CT molecular complexity index is 728. The number of rotatable bonds is 18. The van der Waals surface area contributed by atoms with E-state index in [1.807, 2.05) is 54.7 Å². The predicted molar refractivity (Wildman–Crippen MR) is 176 cm³/mol. The summed E-state index contributed by atoms with van der Waals surface area (Å²) in [6.45, 7) is 26.8. The van der Waals surface area contributed by atoms with Gasteiger partial charge >= 0.3 is 0 Å². The van der Waals surface area contributed by atoms with Crippen molar-refractivity contribution in [2.75, 3.05) is 20.7 Å². The monoisotopic (exact) mass is 582 g/mol. The van der Waals surface area contributed by atoms with Gasteiger partial charge in [-0.1, -0.05) is 60.6 Å². The second-order valence-corrected chi connectivity index (χ2v) is 14.2. The number of carbonyl (C=O) groups is 3. The molecule has 0 aliphatic heterocycles. The molecule has 7 nitrogen and oxygen atoms in total. The molecule has 41 heavy (non-hydrogen) atoms. The molecule has 0 saturated heterocycles. The van der Waals surface area contributed by atoms with Crippen molar-refractivity contribution >= 4 is 17.9 Å². The van der Waals surface area contributed by atoms with Crippen molar-refractivity contribution in [1.29, 1.82) is 0 Å². The number of unbranched alkanes of at least 4 members (excludes halogenated alkanes) is 2. The van der Waals surface area contributed by atoms with Crippen LogP contribution in [0.15, 0.2) is 24.9 Å². The van der Waals surface area contributed by atoms with Gasteiger partial charge in [-0.25, -0.2) is 0 Å². The van der Waals surface area contributed by atoms with E-state index in [1.165, 1.54) is 0 Å². The molecule has 0 spiro atoms. The molecule has 0 fully saturated rings. The lowest BCUT2D eigenvalue weighted by Gasteiger charge is -2.19. The van der Waals surface area contributed by atoms with E-state index < -0.39 is 0 Å². The molecule has 0 saturated carbocycles. The van der Waals surface area contributed by atoms with Gasteiger partial charge in [-0.05, 0) is 77.3 Å². The second-order valence-electron chi connectivity index (χ2n) is 14.2. The molecule has 0 aliphatic rings. The minimum Gasteiger partial charge on any atom is -0.379 e. The van der Waals surface area contributed by atoms with Gasteiger partial charge in [-0.3, -0.25) is 9.59 Å². The number of methoxy groups -OCH3 is 1. The molecule has 4 N–H and O–H groups in total. The summed E-state index contributed by atoms with van der Waals surface area (Å²) in [5, 5.41) is 6.22. The molecule has 0 radical (unpaired) electrons. The van der Waals surface area contributed by atoms with Crippen LogP contribution < -0.4 is 16.4 Å². The van der Waals surface area contributed by atoms with E-state index in [2.05, 4.69) is 44.6 Å². The van der Waals surface area contributed by atoms with E-state index in [9.17, 15) is 14.4 Å². The maximum atomic E-state index is 11.8. The quantitative estimate of drug-likeness (QED) is 0.0913. The highest BCUT2D eigenvalue weighted by Gasteiger charge is 2.18. The first-order valence-corrected chi connectivity index (χ1v) is 15.2. The SMILES string of the molecule is C=C(CCCCCN)NC(C=O)CCC(=O)CC(C)(C)C.C=CC(CCC(=O)CC(C)(C)C)NC.COC(C)(C)C. The van der Waals surface area contributed by atoms with Gasteiger partial charge in [0.15, 0.2) is 0 Å². The Morgan fingerprint density at radius 3 is 1.59 bits per heavy atom. The van der Waals surface area contributed by atoms with Crippen LogP contribution in [0.3, 0.4) is 0 Å². The maximum Gasteiger partial charge on any atom is 0.142 e. The smallest absolute Gasteiger partial charge is 0.142 e. The lowest BCUT2D eigenvalue weighted by atomic mass is 9.88. The zero-order valence-corrected chi connectivity index (χ0v) is 28.7. The van der Waals surface area contributed by atoms with Gasteiger partial charge in [0.25, 0.3) is 0 Å². The Morgan fingerprint density at radius 2 is 1.27 bits per heavy atom. The summed E-state index contributed by atoms with van der Waals surface area (Å²) in [7, 11) is 3.60. The molecule has 0 aromatic rings. The number of Topliss-reactive ketones (excluding diaryl/α,β-unsaturated/α-hetero) is 2. The maximum absolute atomic E-state index is 11.8. The van der Waals surface area contributed by atoms with Crippen LogP contribution in [-0.2, 0) is 19.1 Å². The highest BCUT2D eigenvalue weighted by molar-refractivity contribution is 5.79. The van der Waals surface area contributed by atoms with Crippen molar-refractivity contribution in [2.24, 2.45) is 16.6 Å². The number of hydrogen-bond donors (Lipinski definition) is 3. The third-order valence-electron chi connectivity index (χ3n) is 5.93. The first-order valence-electron chi connectivity index (χ1n) is 15.2. The average molecular weight is 582 g/mol. The average Bonchev–Trinajstić information content (AvgIpc) is 2.83. The van der Waals surface area contributed by atoms with Crippen LogP contribution in [0.25, 0.3) is 0 Å². The summed E-state index contributed by atoms with van der Waals surface area (Å²) in [6, 6.07) is -0.0464. The summed E-state index contributed by atoms with van der Waals surface area (Å²) in [5.41, 5.74) is 6.47. The molecular formula is C34H67N3O4. The van der Waals surface area contributed by atoms with Crippen molar-refractivity contribution in [3.05, 3.63) is 24.9 Å². The van der Waals surface area contributed by atoms with Gasteiger partial charge in [0.2, 0.25) is 0 Å². The number of allylic oxidation sites excluding steroid dienone is 1. The largest absolute Gasteiger partial charge is 0.379 e. The van der Waals surface area contributed by atoms with Crippen molar-refractivity contribution in [3.8, 4) is 0 Å². The predicted octanol–water partition coefficient (Wildman–Crippen LogP) is 6.94. The second kappa shape index (κ2) is 23.7. The first kappa shape index (κ1) is 43.6. The number of nitrogens with two attached hydrogens (primary N) is 1. The summed E-state index contributed by atoms with van der Waals surface area (Å²) >= 11 is 0. The summed E-state index contributed by atoms with van der Waals surface area (Å²) in [6.07, 6.45) is 10.4. The normalized spacial score (nSPS) is 13.0. The molecule has 2 atom stereocenters. The lowest BCUT2D eigenvalue weighted by molar-refractivity contribution is -0.122.